The second-order valence-electron chi connectivity index (χ2n) is 5.30. The van der Waals surface area contributed by atoms with Crippen LogP contribution in [-0.2, 0) is 0 Å². The lowest BCUT2D eigenvalue weighted by atomic mass is 10.1. The molecule has 0 saturated carbocycles. The van der Waals surface area contributed by atoms with E-state index in [2.05, 4.69) is 5.32 Å². The Labute approximate surface area is 148 Å². The number of thiophene rings is 1. The molecule has 3 rings (SSSR count). The Balaban J connectivity index is 1.56. The van der Waals surface area contributed by atoms with E-state index < -0.39 is 11.9 Å². The summed E-state index contributed by atoms with van der Waals surface area (Å²) in [6.07, 6.45) is -1.06. The number of anilines is 1. The molecule has 0 saturated heterocycles. The Bertz CT molecular complexity index is 834. The van der Waals surface area contributed by atoms with Crippen LogP contribution in [0.1, 0.15) is 21.3 Å². The van der Waals surface area contributed by atoms with Gasteiger partial charge in [0.1, 0.15) is 24.3 Å². The Hall–Kier alpha value is -2.70. The molecule has 0 aliphatic heterocycles. The molecular weight excluding hydrogens is 341 g/mol. The monoisotopic (exact) mass is 357 g/mol. The molecule has 6 heteroatoms. The van der Waals surface area contributed by atoms with E-state index in [4.69, 9.17) is 4.74 Å². The van der Waals surface area contributed by atoms with Gasteiger partial charge in [0, 0.05) is 11.3 Å². The first-order valence-corrected chi connectivity index (χ1v) is 8.51. The number of ether oxygens (including phenoxy) is 1. The lowest BCUT2D eigenvalue weighted by Crippen LogP contribution is -2.12. The van der Waals surface area contributed by atoms with Gasteiger partial charge in [-0.15, -0.1) is 11.3 Å². The Kier molecular flexibility index (Phi) is 5.42. The average molecular weight is 357 g/mol. The quantitative estimate of drug-likeness (QED) is 0.693. The van der Waals surface area contributed by atoms with Crippen LogP contribution in [0.4, 0.5) is 10.1 Å². The van der Waals surface area contributed by atoms with Crippen LogP contribution >= 0.6 is 11.3 Å². The zero-order chi connectivity index (χ0) is 17.6. The molecule has 1 atom stereocenters. The second-order valence-corrected chi connectivity index (χ2v) is 6.25. The van der Waals surface area contributed by atoms with Crippen molar-refractivity contribution in [3.05, 3.63) is 82.3 Å². The van der Waals surface area contributed by atoms with Crippen molar-refractivity contribution in [1.29, 1.82) is 0 Å². The molecule has 1 aromatic heterocycles. The van der Waals surface area contributed by atoms with Crippen LogP contribution < -0.4 is 10.1 Å². The van der Waals surface area contributed by atoms with Gasteiger partial charge in [0.25, 0.3) is 5.91 Å². The summed E-state index contributed by atoms with van der Waals surface area (Å²) in [5.41, 5.74) is 0.836. The fraction of sp³-hybridized carbons (Fsp3) is 0.105. The van der Waals surface area contributed by atoms with Crippen LogP contribution in [0.15, 0.2) is 66.0 Å². The highest BCUT2D eigenvalue weighted by Gasteiger charge is 2.13. The maximum atomic E-state index is 13.6. The first-order valence-electron chi connectivity index (χ1n) is 7.63. The standard InChI is InChI=1S/C19H16FNO3S/c20-16-5-2-1-4-15(16)17(22)12-24-14-9-7-13(8-10-14)21-19(23)18-6-3-11-25-18/h1-11,17,22H,12H2,(H,21,23)/t17-/m1/s1. The summed E-state index contributed by atoms with van der Waals surface area (Å²) in [5, 5.41) is 14.6. The van der Waals surface area contributed by atoms with Crippen LogP contribution in [0, 0.1) is 5.82 Å². The Morgan fingerprint density at radius 2 is 1.88 bits per heavy atom. The van der Waals surface area contributed by atoms with Gasteiger partial charge in [0.05, 0.1) is 4.88 Å². The van der Waals surface area contributed by atoms with Crippen molar-refractivity contribution < 1.29 is 19.0 Å². The predicted octanol–water partition coefficient (Wildman–Crippen LogP) is 4.25. The number of carbonyl (C=O) groups is 1. The van der Waals surface area contributed by atoms with Crippen molar-refractivity contribution in [3.63, 3.8) is 0 Å². The van der Waals surface area contributed by atoms with Crippen molar-refractivity contribution in [3.8, 4) is 5.75 Å². The Morgan fingerprint density at radius 3 is 2.56 bits per heavy atom. The average Bonchev–Trinajstić information content (AvgIpc) is 3.16. The maximum Gasteiger partial charge on any atom is 0.265 e. The number of hydrogen-bond acceptors (Lipinski definition) is 4. The van der Waals surface area contributed by atoms with E-state index in [0.29, 0.717) is 16.3 Å². The van der Waals surface area contributed by atoms with E-state index in [1.54, 1.807) is 42.5 Å². The van der Waals surface area contributed by atoms with Gasteiger partial charge in [-0.1, -0.05) is 24.3 Å². The molecule has 0 aliphatic carbocycles. The lowest BCUT2D eigenvalue weighted by Gasteiger charge is -2.13. The van der Waals surface area contributed by atoms with Crippen molar-refractivity contribution in [1.82, 2.24) is 0 Å². The number of halogens is 1. The van der Waals surface area contributed by atoms with E-state index in [1.807, 2.05) is 11.4 Å². The third-order valence-corrected chi connectivity index (χ3v) is 4.40. The number of nitrogens with one attached hydrogen (secondary N) is 1. The molecular formula is C19H16FNO3S. The van der Waals surface area contributed by atoms with Crippen LogP contribution in [0.2, 0.25) is 0 Å². The highest BCUT2D eigenvalue weighted by molar-refractivity contribution is 7.12. The number of hydrogen-bond donors (Lipinski definition) is 2. The number of rotatable bonds is 6. The van der Waals surface area contributed by atoms with Crippen LogP contribution in [0.3, 0.4) is 0 Å². The Morgan fingerprint density at radius 1 is 1.12 bits per heavy atom. The molecule has 0 unspecified atom stereocenters. The number of amides is 1. The highest BCUT2D eigenvalue weighted by atomic mass is 32.1. The van der Waals surface area contributed by atoms with Crippen molar-refractivity contribution in [2.45, 2.75) is 6.10 Å². The topological polar surface area (TPSA) is 58.6 Å². The van der Waals surface area contributed by atoms with E-state index in [0.717, 1.165) is 0 Å². The minimum atomic E-state index is -1.06. The van der Waals surface area contributed by atoms with Gasteiger partial charge in [-0.2, -0.15) is 0 Å². The normalized spacial score (nSPS) is 11.8. The smallest absolute Gasteiger partial charge is 0.265 e. The molecule has 0 radical (unpaired) electrons. The number of carbonyl (C=O) groups excluding carboxylic acids is 1. The van der Waals surface area contributed by atoms with Crippen molar-refractivity contribution >= 4 is 22.9 Å². The van der Waals surface area contributed by atoms with Gasteiger partial charge in [-0.3, -0.25) is 4.79 Å². The molecule has 2 N–H and O–H groups in total. The summed E-state index contributed by atoms with van der Waals surface area (Å²) in [6, 6.07) is 16.4. The molecule has 0 fully saturated rings. The molecule has 0 bridgehead atoms. The van der Waals surface area contributed by atoms with E-state index >= 15 is 0 Å². The first-order chi connectivity index (χ1) is 12.1. The molecule has 25 heavy (non-hydrogen) atoms. The van der Waals surface area contributed by atoms with Crippen molar-refractivity contribution in [2.75, 3.05) is 11.9 Å². The zero-order valence-corrected chi connectivity index (χ0v) is 14.0. The minimum Gasteiger partial charge on any atom is -0.491 e. The molecule has 128 valence electrons. The fourth-order valence-electron chi connectivity index (χ4n) is 2.25. The molecule has 1 amide bonds. The predicted molar refractivity (Wildman–Crippen MR) is 95.6 cm³/mol. The summed E-state index contributed by atoms with van der Waals surface area (Å²) < 4.78 is 19.1. The van der Waals surface area contributed by atoms with Crippen molar-refractivity contribution in [2.24, 2.45) is 0 Å². The van der Waals surface area contributed by atoms with E-state index in [-0.39, 0.29) is 18.1 Å². The second kappa shape index (κ2) is 7.92. The van der Waals surface area contributed by atoms with Gasteiger partial charge in [-0.25, -0.2) is 4.39 Å². The maximum absolute atomic E-state index is 13.6. The van der Waals surface area contributed by atoms with Gasteiger partial charge < -0.3 is 15.2 Å². The molecule has 3 aromatic rings. The summed E-state index contributed by atoms with van der Waals surface area (Å²) in [7, 11) is 0. The van der Waals surface area contributed by atoms with Crippen LogP contribution in [-0.4, -0.2) is 17.6 Å². The van der Waals surface area contributed by atoms with Crippen LogP contribution in [0.25, 0.3) is 0 Å². The molecule has 0 spiro atoms. The minimum absolute atomic E-state index is 0.0676. The van der Waals surface area contributed by atoms with E-state index in [1.165, 1.54) is 23.5 Å². The SMILES string of the molecule is O=C(Nc1ccc(OC[C@@H](O)c2ccccc2F)cc1)c1cccs1. The van der Waals surface area contributed by atoms with Gasteiger partial charge in [0.2, 0.25) is 0 Å². The third-order valence-electron chi connectivity index (χ3n) is 3.53. The summed E-state index contributed by atoms with van der Waals surface area (Å²) in [4.78, 5) is 12.6. The lowest BCUT2D eigenvalue weighted by molar-refractivity contribution is 0.103. The largest absolute Gasteiger partial charge is 0.491 e. The molecule has 4 nitrogen and oxygen atoms in total. The molecule has 2 aromatic carbocycles. The zero-order valence-electron chi connectivity index (χ0n) is 13.2. The van der Waals surface area contributed by atoms with Gasteiger partial charge in [0.15, 0.2) is 0 Å². The summed E-state index contributed by atoms with van der Waals surface area (Å²) in [5.74, 6) is -0.117. The van der Waals surface area contributed by atoms with E-state index in [9.17, 15) is 14.3 Å². The number of aliphatic hydroxyl groups excluding tert-OH is 1. The van der Waals surface area contributed by atoms with Gasteiger partial charge >= 0.3 is 0 Å². The summed E-state index contributed by atoms with van der Waals surface area (Å²) >= 11 is 1.37. The number of benzene rings is 2. The van der Waals surface area contributed by atoms with Crippen LogP contribution in [0.5, 0.6) is 5.75 Å². The fourth-order valence-corrected chi connectivity index (χ4v) is 2.86. The number of aliphatic hydroxyl groups is 1. The first kappa shape index (κ1) is 17.1. The highest BCUT2D eigenvalue weighted by Crippen LogP contribution is 2.21. The summed E-state index contributed by atoms with van der Waals surface area (Å²) in [6.45, 7) is -0.0676. The van der Waals surface area contributed by atoms with Gasteiger partial charge in [-0.05, 0) is 41.8 Å². The molecule has 1 heterocycles. The third kappa shape index (κ3) is 4.43. The molecule has 0 aliphatic rings.